The van der Waals surface area contributed by atoms with Crippen molar-refractivity contribution in [1.82, 2.24) is 9.78 Å². The molecule has 1 heterocycles. The average Bonchev–Trinajstić information content (AvgIpc) is 2.66. The van der Waals surface area contributed by atoms with E-state index < -0.39 is 0 Å². The van der Waals surface area contributed by atoms with E-state index in [0.717, 1.165) is 28.0 Å². The number of hydrogen-bond donors (Lipinski definition) is 1. The second-order valence-electron chi connectivity index (χ2n) is 4.26. The number of anilines is 1. The molecule has 1 aromatic heterocycles. The van der Waals surface area contributed by atoms with Crippen LogP contribution in [-0.4, -0.2) is 16.9 Å². The molecule has 2 aromatic rings. The molecule has 0 amide bonds. The van der Waals surface area contributed by atoms with Gasteiger partial charge < -0.3 is 10.5 Å². The van der Waals surface area contributed by atoms with Gasteiger partial charge in [0.1, 0.15) is 11.6 Å². The van der Waals surface area contributed by atoms with Gasteiger partial charge in [-0.25, -0.2) is 0 Å². The maximum atomic E-state index is 6.23. The van der Waals surface area contributed by atoms with Crippen LogP contribution in [0.1, 0.15) is 11.1 Å². The molecule has 5 heteroatoms. The molecule has 0 aliphatic carbocycles. The SMILES string of the molecule is COc1c(C)c(Cl)cc(-c2cnn(C)c2N)c1C. The second kappa shape index (κ2) is 4.53. The van der Waals surface area contributed by atoms with Crippen LogP contribution in [-0.2, 0) is 7.05 Å². The van der Waals surface area contributed by atoms with E-state index in [-0.39, 0.29) is 0 Å². The summed E-state index contributed by atoms with van der Waals surface area (Å²) in [6, 6.07) is 1.90. The normalized spacial score (nSPS) is 10.7. The molecule has 2 rings (SSSR count). The highest BCUT2D eigenvalue weighted by Crippen LogP contribution is 2.38. The van der Waals surface area contributed by atoms with Crippen molar-refractivity contribution in [3.63, 3.8) is 0 Å². The Balaban J connectivity index is 2.73. The van der Waals surface area contributed by atoms with Crippen molar-refractivity contribution in [3.8, 4) is 16.9 Å². The summed E-state index contributed by atoms with van der Waals surface area (Å²) in [5.41, 5.74) is 9.77. The van der Waals surface area contributed by atoms with Crippen molar-refractivity contribution in [2.75, 3.05) is 12.8 Å². The van der Waals surface area contributed by atoms with Gasteiger partial charge in [-0.2, -0.15) is 5.10 Å². The molecular weight excluding hydrogens is 250 g/mol. The van der Waals surface area contributed by atoms with E-state index in [1.54, 1.807) is 25.0 Å². The smallest absolute Gasteiger partial charge is 0.129 e. The number of hydrogen-bond acceptors (Lipinski definition) is 3. The molecule has 0 saturated heterocycles. The van der Waals surface area contributed by atoms with Crippen molar-refractivity contribution in [1.29, 1.82) is 0 Å². The molecule has 0 aliphatic heterocycles. The molecule has 0 bridgehead atoms. The Labute approximate surface area is 111 Å². The first kappa shape index (κ1) is 12.8. The number of aromatic nitrogens is 2. The summed E-state index contributed by atoms with van der Waals surface area (Å²) in [6.07, 6.45) is 1.74. The first-order valence-electron chi connectivity index (χ1n) is 5.59. The number of benzene rings is 1. The standard InChI is InChI=1S/C13H16ClN3O/c1-7-9(10-6-16-17(3)13(10)15)5-11(14)8(2)12(7)18-4/h5-6H,15H2,1-4H3. The van der Waals surface area contributed by atoms with Gasteiger partial charge in [0.2, 0.25) is 0 Å². The van der Waals surface area contributed by atoms with Gasteiger partial charge in [0.15, 0.2) is 0 Å². The third kappa shape index (κ3) is 1.82. The van der Waals surface area contributed by atoms with Crippen LogP contribution in [0.25, 0.3) is 11.1 Å². The third-order valence-corrected chi connectivity index (χ3v) is 3.59. The summed E-state index contributed by atoms with van der Waals surface area (Å²) >= 11 is 6.23. The number of aryl methyl sites for hydroxylation is 1. The Morgan fingerprint density at radius 1 is 1.28 bits per heavy atom. The van der Waals surface area contributed by atoms with E-state index in [9.17, 15) is 0 Å². The molecule has 0 fully saturated rings. The maximum absolute atomic E-state index is 6.23. The summed E-state index contributed by atoms with van der Waals surface area (Å²) in [7, 11) is 3.45. The van der Waals surface area contributed by atoms with E-state index in [0.29, 0.717) is 10.8 Å². The van der Waals surface area contributed by atoms with E-state index >= 15 is 0 Å². The van der Waals surface area contributed by atoms with Crippen molar-refractivity contribution in [2.45, 2.75) is 13.8 Å². The third-order valence-electron chi connectivity index (χ3n) is 3.19. The molecule has 4 nitrogen and oxygen atoms in total. The van der Waals surface area contributed by atoms with Crippen LogP contribution in [0.15, 0.2) is 12.3 Å². The lowest BCUT2D eigenvalue weighted by Gasteiger charge is -2.14. The maximum Gasteiger partial charge on any atom is 0.129 e. The van der Waals surface area contributed by atoms with Gasteiger partial charge in [-0.1, -0.05) is 11.6 Å². The average molecular weight is 266 g/mol. The summed E-state index contributed by atoms with van der Waals surface area (Å²) < 4.78 is 7.05. The molecule has 18 heavy (non-hydrogen) atoms. The van der Waals surface area contributed by atoms with Crippen molar-refractivity contribution in [2.24, 2.45) is 7.05 Å². The van der Waals surface area contributed by atoms with Crippen molar-refractivity contribution < 1.29 is 4.74 Å². The topological polar surface area (TPSA) is 53.1 Å². The van der Waals surface area contributed by atoms with Gasteiger partial charge in [-0.3, -0.25) is 4.68 Å². The van der Waals surface area contributed by atoms with Gasteiger partial charge in [0.05, 0.1) is 13.3 Å². The number of nitrogens with two attached hydrogens (primary N) is 1. The number of nitrogen functional groups attached to an aromatic ring is 1. The highest BCUT2D eigenvalue weighted by molar-refractivity contribution is 6.32. The molecule has 0 saturated carbocycles. The van der Waals surface area contributed by atoms with Crippen molar-refractivity contribution >= 4 is 17.4 Å². The van der Waals surface area contributed by atoms with Crippen LogP contribution in [0.3, 0.4) is 0 Å². The second-order valence-corrected chi connectivity index (χ2v) is 4.66. The van der Waals surface area contributed by atoms with Crippen molar-refractivity contribution in [3.05, 3.63) is 28.4 Å². The lowest BCUT2D eigenvalue weighted by Crippen LogP contribution is -1.99. The molecule has 0 aliphatic rings. The minimum atomic E-state index is 0.611. The van der Waals surface area contributed by atoms with E-state index in [1.807, 2.05) is 19.9 Å². The molecule has 1 aromatic carbocycles. The number of halogens is 1. The zero-order valence-corrected chi connectivity index (χ0v) is 11.7. The predicted molar refractivity (Wildman–Crippen MR) is 74.1 cm³/mol. The fraction of sp³-hybridized carbons (Fsp3) is 0.308. The van der Waals surface area contributed by atoms with Crippen LogP contribution in [0.2, 0.25) is 5.02 Å². The number of nitrogens with zero attached hydrogens (tertiary/aromatic N) is 2. The van der Waals surface area contributed by atoms with Crippen LogP contribution in [0.5, 0.6) is 5.75 Å². The highest BCUT2D eigenvalue weighted by atomic mass is 35.5. The van der Waals surface area contributed by atoms with Crippen LogP contribution >= 0.6 is 11.6 Å². The van der Waals surface area contributed by atoms with Gasteiger partial charge in [0, 0.05) is 23.2 Å². The molecule has 0 unspecified atom stereocenters. The number of rotatable bonds is 2. The summed E-state index contributed by atoms with van der Waals surface area (Å²) in [4.78, 5) is 0. The minimum absolute atomic E-state index is 0.611. The highest BCUT2D eigenvalue weighted by Gasteiger charge is 2.16. The molecule has 0 atom stereocenters. The molecular formula is C13H16ClN3O. The summed E-state index contributed by atoms with van der Waals surface area (Å²) in [5, 5.41) is 4.81. The summed E-state index contributed by atoms with van der Waals surface area (Å²) in [5.74, 6) is 1.40. The molecule has 0 radical (unpaired) electrons. The molecule has 2 N–H and O–H groups in total. The van der Waals surface area contributed by atoms with E-state index in [4.69, 9.17) is 22.1 Å². The van der Waals surface area contributed by atoms with Gasteiger partial charge >= 0.3 is 0 Å². The Bertz CT molecular complexity index is 605. The fourth-order valence-corrected chi connectivity index (χ4v) is 2.29. The van der Waals surface area contributed by atoms with Crippen LogP contribution in [0, 0.1) is 13.8 Å². The first-order valence-corrected chi connectivity index (χ1v) is 5.96. The Morgan fingerprint density at radius 2 is 1.94 bits per heavy atom. The van der Waals surface area contributed by atoms with Gasteiger partial charge in [-0.15, -0.1) is 0 Å². The van der Waals surface area contributed by atoms with Gasteiger partial charge in [-0.05, 0) is 31.0 Å². The zero-order chi connectivity index (χ0) is 13.4. The molecule has 96 valence electrons. The first-order chi connectivity index (χ1) is 8.47. The Hall–Kier alpha value is -1.68. The monoisotopic (exact) mass is 265 g/mol. The number of ether oxygens (including phenoxy) is 1. The molecule has 0 spiro atoms. The minimum Gasteiger partial charge on any atom is -0.496 e. The predicted octanol–water partition coefficient (Wildman–Crippen LogP) is 2.95. The van der Waals surface area contributed by atoms with Crippen LogP contribution in [0.4, 0.5) is 5.82 Å². The Morgan fingerprint density at radius 3 is 2.44 bits per heavy atom. The van der Waals surface area contributed by atoms with Gasteiger partial charge in [0.25, 0.3) is 0 Å². The quantitative estimate of drug-likeness (QED) is 0.908. The largest absolute Gasteiger partial charge is 0.496 e. The fourth-order valence-electron chi connectivity index (χ4n) is 2.10. The Kier molecular flexibility index (Phi) is 3.22. The number of methoxy groups -OCH3 is 1. The lowest BCUT2D eigenvalue weighted by molar-refractivity contribution is 0.409. The summed E-state index contributed by atoms with van der Waals surface area (Å²) in [6.45, 7) is 3.93. The zero-order valence-electron chi connectivity index (χ0n) is 10.9. The van der Waals surface area contributed by atoms with E-state index in [2.05, 4.69) is 5.10 Å². The lowest BCUT2D eigenvalue weighted by atomic mass is 9.99. The van der Waals surface area contributed by atoms with Crippen LogP contribution < -0.4 is 10.5 Å². The van der Waals surface area contributed by atoms with E-state index in [1.165, 1.54) is 0 Å².